The van der Waals surface area contributed by atoms with Crippen LogP contribution in [-0.2, 0) is 9.59 Å². The number of ether oxygens (including phenoxy) is 1. The lowest BCUT2D eigenvalue weighted by molar-refractivity contribution is -0.134. The highest BCUT2D eigenvalue weighted by Gasteiger charge is 2.34. The number of rotatable bonds is 3. The highest BCUT2D eigenvalue weighted by Crippen LogP contribution is 2.35. The summed E-state index contributed by atoms with van der Waals surface area (Å²) < 4.78 is 5.63. The largest absolute Gasteiger partial charge is 0.479 e. The summed E-state index contributed by atoms with van der Waals surface area (Å²) in [5.41, 5.74) is 0.989. The zero-order chi connectivity index (χ0) is 18.1. The summed E-state index contributed by atoms with van der Waals surface area (Å²) in [5.74, 6) is 0.593. The van der Waals surface area contributed by atoms with Crippen molar-refractivity contribution in [2.24, 2.45) is 5.92 Å². The minimum absolute atomic E-state index is 0.0202. The normalized spacial score (nSPS) is 23.1. The Hall–Kier alpha value is -2.37. The number of amides is 2. The second-order valence-electron chi connectivity index (χ2n) is 7.01. The molecule has 0 aromatic heterocycles. The molecule has 1 fully saturated rings. The van der Waals surface area contributed by atoms with E-state index in [1.165, 1.54) is 11.8 Å². The van der Waals surface area contributed by atoms with Crippen LogP contribution >= 0.6 is 0 Å². The van der Waals surface area contributed by atoms with Gasteiger partial charge in [0.25, 0.3) is 5.91 Å². The van der Waals surface area contributed by atoms with Crippen molar-refractivity contribution in [3.05, 3.63) is 23.8 Å². The van der Waals surface area contributed by atoms with Crippen molar-refractivity contribution in [1.82, 2.24) is 4.90 Å². The number of likely N-dealkylation sites (tertiary alicyclic amines) is 1. The Balaban J connectivity index is 1.87. The average molecular weight is 344 g/mol. The Kier molecular flexibility index (Phi) is 4.79. The van der Waals surface area contributed by atoms with Gasteiger partial charge in [-0.2, -0.15) is 0 Å². The molecule has 0 N–H and O–H groups in total. The number of nitrogens with zero attached hydrogens (tertiary/aromatic N) is 2. The van der Waals surface area contributed by atoms with Crippen LogP contribution in [0.4, 0.5) is 5.69 Å². The maximum absolute atomic E-state index is 12.7. The van der Waals surface area contributed by atoms with Gasteiger partial charge in [0, 0.05) is 18.7 Å². The quantitative estimate of drug-likeness (QED) is 0.789. The van der Waals surface area contributed by atoms with E-state index in [-0.39, 0.29) is 24.1 Å². The lowest BCUT2D eigenvalue weighted by Gasteiger charge is -2.36. The molecule has 6 nitrogen and oxygen atoms in total. The molecular weight excluding hydrogens is 320 g/mol. The Labute approximate surface area is 147 Å². The third-order valence-electron chi connectivity index (χ3n) is 4.88. The van der Waals surface area contributed by atoms with Gasteiger partial charge in [-0.15, -0.1) is 0 Å². The average Bonchev–Trinajstić information content (AvgIpc) is 2.58. The molecule has 2 aliphatic heterocycles. The molecule has 134 valence electrons. The first-order valence-corrected chi connectivity index (χ1v) is 8.77. The molecule has 0 saturated carbocycles. The van der Waals surface area contributed by atoms with Gasteiger partial charge in [-0.3, -0.25) is 19.3 Å². The lowest BCUT2D eigenvalue weighted by atomic mass is 10.0. The van der Waals surface area contributed by atoms with Crippen LogP contribution in [0, 0.1) is 5.92 Å². The molecular formula is C19H24N2O4. The molecule has 2 atom stereocenters. The Morgan fingerprint density at radius 3 is 2.72 bits per heavy atom. The third kappa shape index (κ3) is 3.52. The minimum atomic E-state index is -0.649. The van der Waals surface area contributed by atoms with Crippen LogP contribution in [0.3, 0.4) is 0 Å². The van der Waals surface area contributed by atoms with E-state index in [0.29, 0.717) is 22.9 Å². The van der Waals surface area contributed by atoms with Gasteiger partial charge in [0.05, 0.1) is 5.69 Å². The van der Waals surface area contributed by atoms with E-state index in [2.05, 4.69) is 6.92 Å². The zero-order valence-electron chi connectivity index (χ0n) is 14.9. The zero-order valence-corrected chi connectivity index (χ0v) is 14.9. The first kappa shape index (κ1) is 17.5. The molecule has 2 amide bonds. The molecule has 0 bridgehead atoms. The molecule has 2 aliphatic rings. The number of hydrogen-bond acceptors (Lipinski definition) is 4. The van der Waals surface area contributed by atoms with Crippen LogP contribution in [0.2, 0.25) is 0 Å². The number of hydrogen-bond donors (Lipinski definition) is 0. The molecule has 0 radical (unpaired) electrons. The van der Waals surface area contributed by atoms with Gasteiger partial charge >= 0.3 is 0 Å². The molecule has 2 heterocycles. The van der Waals surface area contributed by atoms with Gasteiger partial charge in [0.15, 0.2) is 11.9 Å². The number of Topliss-reactive ketones (excluding diaryl/α,β-unsaturated/α-hetero) is 1. The monoisotopic (exact) mass is 344 g/mol. The van der Waals surface area contributed by atoms with Crippen LogP contribution in [-0.4, -0.2) is 48.2 Å². The second-order valence-corrected chi connectivity index (χ2v) is 7.01. The number of carbonyl (C=O) groups excluding carboxylic acids is 3. The Morgan fingerprint density at radius 1 is 1.28 bits per heavy atom. The topological polar surface area (TPSA) is 66.9 Å². The number of anilines is 1. The van der Waals surface area contributed by atoms with Crippen molar-refractivity contribution in [2.75, 3.05) is 24.5 Å². The lowest BCUT2D eigenvalue weighted by Crippen LogP contribution is -2.51. The molecule has 1 saturated heterocycles. The van der Waals surface area contributed by atoms with E-state index in [1.807, 2.05) is 4.90 Å². The molecule has 0 spiro atoms. The third-order valence-corrected chi connectivity index (χ3v) is 4.88. The highest BCUT2D eigenvalue weighted by molar-refractivity contribution is 6.05. The van der Waals surface area contributed by atoms with E-state index >= 15 is 0 Å². The predicted molar refractivity (Wildman–Crippen MR) is 93.9 cm³/mol. The van der Waals surface area contributed by atoms with Crippen molar-refractivity contribution >= 4 is 23.3 Å². The number of carbonyl (C=O) groups is 3. The smallest absolute Gasteiger partial charge is 0.268 e. The molecule has 25 heavy (non-hydrogen) atoms. The summed E-state index contributed by atoms with van der Waals surface area (Å²) in [6.45, 7) is 6.72. The van der Waals surface area contributed by atoms with Crippen molar-refractivity contribution in [1.29, 1.82) is 0 Å². The molecule has 1 aromatic carbocycles. The van der Waals surface area contributed by atoms with Crippen molar-refractivity contribution in [2.45, 2.75) is 39.7 Å². The van der Waals surface area contributed by atoms with Crippen molar-refractivity contribution < 1.29 is 19.1 Å². The van der Waals surface area contributed by atoms with Crippen LogP contribution < -0.4 is 9.64 Å². The summed E-state index contributed by atoms with van der Waals surface area (Å²) in [6, 6.07) is 5.00. The fourth-order valence-corrected chi connectivity index (χ4v) is 3.44. The summed E-state index contributed by atoms with van der Waals surface area (Å²) in [5, 5.41) is 0. The van der Waals surface area contributed by atoms with E-state index in [0.717, 1.165) is 25.9 Å². The van der Waals surface area contributed by atoms with Crippen LogP contribution in [0.5, 0.6) is 5.75 Å². The van der Waals surface area contributed by atoms with E-state index < -0.39 is 6.10 Å². The van der Waals surface area contributed by atoms with Gasteiger partial charge in [0.2, 0.25) is 5.91 Å². The van der Waals surface area contributed by atoms with Gasteiger partial charge in [-0.05, 0) is 50.8 Å². The van der Waals surface area contributed by atoms with Crippen molar-refractivity contribution in [3.8, 4) is 5.75 Å². The number of ketones is 1. The number of benzene rings is 1. The van der Waals surface area contributed by atoms with Crippen LogP contribution in [0.25, 0.3) is 0 Å². The van der Waals surface area contributed by atoms with Crippen LogP contribution in [0.15, 0.2) is 18.2 Å². The summed E-state index contributed by atoms with van der Waals surface area (Å²) in [7, 11) is 0. The number of piperidine rings is 1. The maximum Gasteiger partial charge on any atom is 0.268 e. The summed E-state index contributed by atoms with van der Waals surface area (Å²) in [4.78, 5) is 40.3. The Morgan fingerprint density at radius 2 is 2.04 bits per heavy atom. The fraction of sp³-hybridized carbons (Fsp3) is 0.526. The second kappa shape index (κ2) is 6.86. The molecule has 3 rings (SSSR count). The SMILES string of the molecule is CC(=O)c1ccc2c(c1)N(CC(=O)N1CCCC(C)C1)C(=O)C(C)O2. The Bertz CT molecular complexity index is 715. The summed E-state index contributed by atoms with van der Waals surface area (Å²) in [6.07, 6.45) is 1.47. The number of fused-ring (bicyclic) bond motifs is 1. The minimum Gasteiger partial charge on any atom is -0.479 e. The first-order chi connectivity index (χ1) is 11.9. The van der Waals surface area contributed by atoms with E-state index in [4.69, 9.17) is 4.74 Å². The fourth-order valence-electron chi connectivity index (χ4n) is 3.44. The van der Waals surface area contributed by atoms with Gasteiger partial charge in [0.1, 0.15) is 12.3 Å². The standard InChI is InChI=1S/C19H24N2O4/c1-12-5-4-8-20(10-12)18(23)11-21-16-9-15(13(2)22)6-7-17(16)25-14(3)19(21)24/h6-7,9,12,14H,4-5,8,10-11H2,1-3H3. The van der Waals surface area contributed by atoms with Crippen LogP contribution in [0.1, 0.15) is 44.0 Å². The van der Waals surface area contributed by atoms with Gasteiger partial charge in [-0.25, -0.2) is 0 Å². The predicted octanol–water partition coefficient (Wildman–Crippen LogP) is 2.26. The molecule has 0 aliphatic carbocycles. The van der Waals surface area contributed by atoms with E-state index in [9.17, 15) is 14.4 Å². The molecule has 1 aromatic rings. The first-order valence-electron chi connectivity index (χ1n) is 8.77. The van der Waals surface area contributed by atoms with Gasteiger partial charge in [-0.1, -0.05) is 6.92 Å². The highest BCUT2D eigenvalue weighted by atomic mass is 16.5. The molecule has 6 heteroatoms. The molecule has 2 unspecified atom stereocenters. The van der Waals surface area contributed by atoms with Crippen molar-refractivity contribution in [3.63, 3.8) is 0 Å². The van der Waals surface area contributed by atoms with E-state index in [1.54, 1.807) is 25.1 Å². The summed E-state index contributed by atoms with van der Waals surface area (Å²) >= 11 is 0. The maximum atomic E-state index is 12.7. The van der Waals surface area contributed by atoms with Gasteiger partial charge < -0.3 is 9.64 Å².